The first-order valence-corrected chi connectivity index (χ1v) is 13.1. The highest BCUT2D eigenvalue weighted by Crippen LogP contribution is 2.37. The van der Waals surface area contributed by atoms with Gasteiger partial charge in [0, 0.05) is 31.4 Å². The number of carbonyl (C=O) groups is 3. The molecule has 2 aliphatic heterocycles. The van der Waals surface area contributed by atoms with Gasteiger partial charge in [0.05, 0.1) is 22.9 Å². The summed E-state index contributed by atoms with van der Waals surface area (Å²) in [6.07, 6.45) is 1.43. The summed E-state index contributed by atoms with van der Waals surface area (Å²) in [7, 11) is -3.88. The number of rotatable bonds is 5. The van der Waals surface area contributed by atoms with Crippen LogP contribution in [-0.4, -0.2) is 55.0 Å². The summed E-state index contributed by atoms with van der Waals surface area (Å²) in [4.78, 5) is 39.4. The lowest BCUT2D eigenvalue weighted by atomic mass is 9.98. The fourth-order valence-electron chi connectivity index (χ4n) is 4.37. The van der Waals surface area contributed by atoms with Gasteiger partial charge in [-0.15, -0.1) is 11.3 Å². The highest BCUT2D eigenvalue weighted by molar-refractivity contribution is 7.89. The smallest absolute Gasteiger partial charge is 0.251 e. The standard InChI is InChI=1S/C22H25FN4O5S2/c1-13(28)26-10-8-17-18(12-26)33-22(19(17)20(24)29)25-21(30)14-3-2-9-27(11-14)34(31,32)16-6-4-15(23)5-7-16/h4-7,14H,2-3,8-12H2,1H3,(H2,24,29)(H,25,30). The van der Waals surface area contributed by atoms with E-state index in [0.717, 1.165) is 22.6 Å². The second-order valence-corrected chi connectivity index (χ2v) is 11.5. The minimum Gasteiger partial charge on any atom is -0.365 e. The Bertz CT molecular complexity index is 1240. The molecule has 4 rings (SSSR count). The number of fused-ring (bicyclic) bond motifs is 1. The van der Waals surface area contributed by atoms with Crippen LogP contribution in [0.15, 0.2) is 29.2 Å². The normalized spacial score (nSPS) is 18.9. The number of hydrogen-bond acceptors (Lipinski definition) is 6. The molecule has 0 spiro atoms. The van der Waals surface area contributed by atoms with Crippen LogP contribution in [-0.2, 0) is 32.6 Å². The maximum Gasteiger partial charge on any atom is 0.251 e. The number of piperidine rings is 1. The van der Waals surface area contributed by atoms with E-state index in [9.17, 15) is 27.2 Å². The van der Waals surface area contributed by atoms with E-state index in [1.807, 2.05) is 0 Å². The minimum absolute atomic E-state index is 0.0271. The third-order valence-corrected chi connectivity index (χ3v) is 9.20. The maximum absolute atomic E-state index is 13.2. The molecule has 12 heteroatoms. The van der Waals surface area contributed by atoms with Crippen molar-refractivity contribution in [2.45, 2.75) is 37.6 Å². The summed E-state index contributed by atoms with van der Waals surface area (Å²) in [5, 5.41) is 3.11. The van der Waals surface area contributed by atoms with E-state index in [-0.39, 0.29) is 29.5 Å². The molecule has 0 saturated carbocycles. The molecular formula is C22H25FN4O5S2. The molecule has 0 radical (unpaired) electrons. The molecular weight excluding hydrogens is 483 g/mol. The minimum atomic E-state index is -3.88. The topological polar surface area (TPSA) is 130 Å². The third kappa shape index (κ3) is 4.70. The number of halogens is 1. The number of carbonyl (C=O) groups excluding carboxylic acids is 3. The molecule has 3 N–H and O–H groups in total. The van der Waals surface area contributed by atoms with Crippen molar-refractivity contribution in [2.75, 3.05) is 25.0 Å². The number of amides is 3. The van der Waals surface area contributed by atoms with Crippen LogP contribution in [0.3, 0.4) is 0 Å². The van der Waals surface area contributed by atoms with Gasteiger partial charge in [-0.3, -0.25) is 14.4 Å². The Morgan fingerprint density at radius 3 is 2.53 bits per heavy atom. The lowest BCUT2D eigenvalue weighted by Gasteiger charge is -2.31. The molecule has 9 nitrogen and oxygen atoms in total. The first-order valence-electron chi connectivity index (χ1n) is 10.8. The fraction of sp³-hybridized carbons (Fsp3) is 0.409. The molecule has 3 amide bonds. The first-order chi connectivity index (χ1) is 16.1. The van der Waals surface area contributed by atoms with Gasteiger partial charge in [0.2, 0.25) is 21.8 Å². The van der Waals surface area contributed by atoms with Crippen LogP contribution >= 0.6 is 11.3 Å². The van der Waals surface area contributed by atoms with Gasteiger partial charge in [0.1, 0.15) is 10.8 Å². The Morgan fingerprint density at radius 2 is 1.88 bits per heavy atom. The molecule has 1 aromatic heterocycles. The Morgan fingerprint density at radius 1 is 1.18 bits per heavy atom. The average Bonchev–Trinajstić information content (AvgIpc) is 3.16. The van der Waals surface area contributed by atoms with E-state index < -0.39 is 33.6 Å². The monoisotopic (exact) mass is 508 g/mol. The van der Waals surface area contributed by atoms with E-state index in [2.05, 4.69) is 5.32 Å². The van der Waals surface area contributed by atoms with Crippen LogP contribution in [0.2, 0.25) is 0 Å². The van der Waals surface area contributed by atoms with Gasteiger partial charge in [-0.1, -0.05) is 0 Å². The van der Waals surface area contributed by atoms with Crippen molar-refractivity contribution < 1.29 is 27.2 Å². The molecule has 1 fully saturated rings. The SMILES string of the molecule is CC(=O)N1CCc2c(sc(NC(=O)C3CCCN(S(=O)(=O)c4ccc(F)cc4)C3)c2C(N)=O)C1. The van der Waals surface area contributed by atoms with E-state index in [1.54, 1.807) is 4.90 Å². The molecule has 1 aromatic carbocycles. The quantitative estimate of drug-likeness (QED) is 0.638. The molecule has 0 aliphatic carbocycles. The Balaban J connectivity index is 1.52. The summed E-state index contributed by atoms with van der Waals surface area (Å²) in [5.41, 5.74) is 6.61. The van der Waals surface area contributed by atoms with E-state index in [4.69, 9.17) is 5.73 Å². The predicted octanol–water partition coefficient (Wildman–Crippen LogP) is 1.93. The first kappa shape index (κ1) is 24.3. The zero-order chi connectivity index (χ0) is 24.6. The number of primary amides is 1. The fourth-order valence-corrected chi connectivity index (χ4v) is 7.16. The second kappa shape index (κ2) is 9.43. The molecule has 1 atom stereocenters. The van der Waals surface area contributed by atoms with Crippen LogP contribution in [0.5, 0.6) is 0 Å². The number of thiophene rings is 1. The molecule has 182 valence electrons. The highest BCUT2D eigenvalue weighted by Gasteiger charge is 2.35. The van der Waals surface area contributed by atoms with E-state index >= 15 is 0 Å². The van der Waals surface area contributed by atoms with E-state index in [0.29, 0.717) is 37.4 Å². The van der Waals surface area contributed by atoms with Crippen molar-refractivity contribution in [2.24, 2.45) is 11.7 Å². The number of sulfonamides is 1. The van der Waals surface area contributed by atoms with Gasteiger partial charge in [0.15, 0.2) is 0 Å². The molecule has 1 saturated heterocycles. The van der Waals surface area contributed by atoms with Crippen molar-refractivity contribution in [3.8, 4) is 0 Å². The van der Waals surface area contributed by atoms with Gasteiger partial charge in [-0.05, 0) is 49.1 Å². The van der Waals surface area contributed by atoms with Crippen LogP contribution < -0.4 is 11.1 Å². The van der Waals surface area contributed by atoms with Gasteiger partial charge in [0.25, 0.3) is 5.91 Å². The average molecular weight is 509 g/mol. The zero-order valence-corrected chi connectivity index (χ0v) is 20.2. The Hall–Kier alpha value is -2.83. The van der Waals surface area contributed by atoms with Crippen LogP contribution in [0.1, 0.15) is 40.6 Å². The van der Waals surface area contributed by atoms with Crippen molar-refractivity contribution in [3.05, 3.63) is 46.1 Å². The number of benzene rings is 1. The molecule has 2 aromatic rings. The lowest BCUT2D eigenvalue weighted by molar-refractivity contribution is -0.129. The number of nitrogens with zero attached hydrogens (tertiary/aromatic N) is 2. The summed E-state index contributed by atoms with van der Waals surface area (Å²) in [6.45, 7) is 2.51. The predicted molar refractivity (Wildman–Crippen MR) is 124 cm³/mol. The maximum atomic E-state index is 13.2. The summed E-state index contributed by atoms with van der Waals surface area (Å²) >= 11 is 1.21. The van der Waals surface area contributed by atoms with Crippen molar-refractivity contribution in [3.63, 3.8) is 0 Å². The van der Waals surface area contributed by atoms with E-state index in [1.165, 1.54) is 34.7 Å². The summed E-state index contributed by atoms with van der Waals surface area (Å²) in [6, 6.07) is 4.57. The second-order valence-electron chi connectivity index (χ2n) is 8.41. The summed E-state index contributed by atoms with van der Waals surface area (Å²) < 4.78 is 40.4. The number of nitrogens with one attached hydrogen (secondary N) is 1. The highest BCUT2D eigenvalue weighted by atomic mass is 32.2. The van der Waals surface area contributed by atoms with Crippen molar-refractivity contribution >= 4 is 44.1 Å². The zero-order valence-electron chi connectivity index (χ0n) is 18.5. The molecule has 34 heavy (non-hydrogen) atoms. The Labute approximate surface area is 200 Å². The van der Waals surface area contributed by atoms with Gasteiger partial charge in [-0.2, -0.15) is 4.31 Å². The lowest BCUT2D eigenvalue weighted by Crippen LogP contribution is -2.43. The van der Waals surface area contributed by atoms with Crippen LogP contribution in [0, 0.1) is 11.7 Å². The number of nitrogens with two attached hydrogens (primary N) is 1. The molecule has 0 bridgehead atoms. The van der Waals surface area contributed by atoms with Crippen LogP contribution in [0.25, 0.3) is 0 Å². The largest absolute Gasteiger partial charge is 0.365 e. The molecule has 1 unspecified atom stereocenters. The Kier molecular flexibility index (Phi) is 6.74. The van der Waals surface area contributed by atoms with Gasteiger partial charge < -0.3 is 16.0 Å². The number of anilines is 1. The molecule has 2 aliphatic rings. The van der Waals surface area contributed by atoms with Gasteiger partial charge in [-0.25, -0.2) is 12.8 Å². The van der Waals surface area contributed by atoms with Gasteiger partial charge >= 0.3 is 0 Å². The van der Waals surface area contributed by atoms with Crippen LogP contribution in [0.4, 0.5) is 9.39 Å². The van der Waals surface area contributed by atoms with Crippen molar-refractivity contribution in [1.82, 2.24) is 9.21 Å². The molecule has 3 heterocycles. The van der Waals surface area contributed by atoms with Crippen molar-refractivity contribution in [1.29, 1.82) is 0 Å². The third-order valence-electron chi connectivity index (χ3n) is 6.19. The number of hydrogen-bond donors (Lipinski definition) is 2. The summed E-state index contributed by atoms with van der Waals surface area (Å²) in [5.74, 6) is -2.30.